The molecule has 0 aliphatic carbocycles. The number of carbonyl (C=O) groups is 1. The fourth-order valence-electron chi connectivity index (χ4n) is 2.24. The lowest BCUT2D eigenvalue weighted by Gasteiger charge is -2.38. The molecule has 18 heavy (non-hydrogen) atoms. The SMILES string of the molecule is CN1CCC(Nc2cccc(Br)c2)(C(=O)O)CC1. The third kappa shape index (κ3) is 2.84. The molecule has 0 atom stereocenters. The summed E-state index contributed by atoms with van der Waals surface area (Å²) in [6.07, 6.45) is 1.23. The summed E-state index contributed by atoms with van der Waals surface area (Å²) in [5.41, 5.74) is 0.00385. The molecule has 0 unspecified atom stereocenters. The molecule has 1 fully saturated rings. The van der Waals surface area contributed by atoms with E-state index in [0.717, 1.165) is 23.2 Å². The number of rotatable bonds is 3. The molecule has 2 rings (SSSR count). The Labute approximate surface area is 115 Å². The second-order valence-corrected chi connectivity index (χ2v) is 5.74. The van der Waals surface area contributed by atoms with Crippen molar-refractivity contribution < 1.29 is 9.90 Å². The normalized spacial score (nSPS) is 19.4. The zero-order chi connectivity index (χ0) is 13.2. The van der Waals surface area contributed by atoms with Crippen LogP contribution < -0.4 is 5.32 Å². The Hall–Kier alpha value is -1.07. The van der Waals surface area contributed by atoms with Crippen LogP contribution in [0, 0.1) is 0 Å². The number of carboxylic acid groups (broad SMARTS) is 1. The maximum atomic E-state index is 11.6. The number of benzene rings is 1. The number of halogens is 1. The number of carboxylic acids is 1. The molecular weight excluding hydrogens is 296 g/mol. The van der Waals surface area contributed by atoms with Crippen LogP contribution in [0.5, 0.6) is 0 Å². The Morgan fingerprint density at radius 1 is 1.44 bits per heavy atom. The van der Waals surface area contributed by atoms with E-state index in [1.54, 1.807) is 0 Å². The van der Waals surface area contributed by atoms with Gasteiger partial charge >= 0.3 is 5.97 Å². The van der Waals surface area contributed by atoms with Gasteiger partial charge in [-0.1, -0.05) is 22.0 Å². The van der Waals surface area contributed by atoms with E-state index in [4.69, 9.17) is 0 Å². The Morgan fingerprint density at radius 3 is 2.67 bits per heavy atom. The quantitative estimate of drug-likeness (QED) is 0.900. The van der Waals surface area contributed by atoms with Crippen molar-refractivity contribution in [1.82, 2.24) is 4.90 Å². The maximum Gasteiger partial charge on any atom is 0.329 e. The monoisotopic (exact) mass is 312 g/mol. The van der Waals surface area contributed by atoms with Crippen molar-refractivity contribution in [2.24, 2.45) is 0 Å². The molecule has 98 valence electrons. The number of piperidine rings is 1. The minimum absolute atomic E-state index is 0.616. The van der Waals surface area contributed by atoms with Crippen molar-refractivity contribution in [2.45, 2.75) is 18.4 Å². The molecule has 1 aromatic carbocycles. The van der Waals surface area contributed by atoms with Crippen LogP contribution in [0.2, 0.25) is 0 Å². The van der Waals surface area contributed by atoms with Crippen molar-refractivity contribution in [3.05, 3.63) is 28.7 Å². The lowest BCUT2D eigenvalue weighted by molar-refractivity contribution is -0.143. The third-order valence-corrected chi connectivity index (χ3v) is 3.95. The minimum Gasteiger partial charge on any atom is -0.480 e. The Morgan fingerprint density at radius 2 is 2.11 bits per heavy atom. The molecule has 1 saturated heterocycles. The van der Waals surface area contributed by atoms with Crippen molar-refractivity contribution in [1.29, 1.82) is 0 Å². The molecule has 0 amide bonds. The van der Waals surface area contributed by atoms with Crippen molar-refractivity contribution in [3.8, 4) is 0 Å². The molecule has 4 nitrogen and oxygen atoms in total. The van der Waals surface area contributed by atoms with Gasteiger partial charge in [0.25, 0.3) is 0 Å². The summed E-state index contributed by atoms with van der Waals surface area (Å²) in [6.45, 7) is 1.60. The summed E-state index contributed by atoms with van der Waals surface area (Å²) in [4.78, 5) is 13.7. The fourth-order valence-corrected chi connectivity index (χ4v) is 2.63. The number of likely N-dealkylation sites (tertiary alicyclic amines) is 1. The molecule has 0 radical (unpaired) electrons. The summed E-state index contributed by atoms with van der Waals surface area (Å²) in [7, 11) is 2.02. The first-order chi connectivity index (χ1) is 8.52. The van der Waals surface area contributed by atoms with Crippen LogP contribution in [0.4, 0.5) is 5.69 Å². The Balaban J connectivity index is 2.19. The molecule has 0 spiro atoms. The van der Waals surface area contributed by atoms with Gasteiger partial charge in [-0.15, -0.1) is 0 Å². The van der Waals surface area contributed by atoms with E-state index in [0.29, 0.717) is 12.8 Å². The van der Waals surface area contributed by atoms with Gasteiger partial charge in [0.1, 0.15) is 5.54 Å². The minimum atomic E-state index is -0.840. The zero-order valence-electron chi connectivity index (χ0n) is 10.3. The van der Waals surface area contributed by atoms with E-state index in [9.17, 15) is 9.90 Å². The summed E-state index contributed by atoms with van der Waals surface area (Å²) in [5.74, 6) is -0.768. The van der Waals surface area contributed by atoms with Gasteiger partial charge in [-0.05, 0) is 38.1 Å². The number of anilines is 1. The second kappa shape index (κ2) is 5.28. The number of nitrogens with one attached hydrogen (secondary N) is 1. The average molecular weight is 313 g/mol. The highest BCUT2D eigenvalue weighted by atomic mass is 79.9. The number of hydrogen-bond acceptors (Lipinski definition) is 3. The van der Waals surface area contributed by atoms with Crippen molar-refractivity contribution in [2.75, 3.05) is 25.5 Å². The van der Waals surface area contributed by atoms with Gasteiger partial charge in [0.15, 0.2) is 0 Å². The van der Waals surface area contributed by atoms with E-state index < -0.39 is 11.5 Å². The zero-order valence-corrected chi connectivity index (χ0v) is 11.9. The van der Waals surface area contributed by atoms with Crippen LogP contribution in [0.25, 0.3) is 0 Å². The van der Waals surface area contributed by atoms with E-state index in [1.165, 1.54) is 0 Å². The van der Waals surface area contributed by atoms with Crippen LogP contribution in [0.15, 0.2) is 28.7 Å². The first-order valence-electron chi connectivity index (χ1n) is 5.97. The molecule has 1 heterocycles. The van der Waals surface area contributed by atoms with E-state index in [1.807, 2.05) is 31.3 Å². The topological polar surface area (TPSA) is 52.6 Å². The molecule has 5 heteroatoms. The molecule has 2 N–H and O–H groups in total. The fraction of sp³-hybridized carbons (Fsp3) is 0.462. The third-order valence-electron chi connectivity index (χ3n) is 3.46. The average Bonchev–Trinajstić information content (AvgIpc) is 2.32. The molecule has 0 aromatic heterocycles. The van der Waals surface area contributed by atoms with Crippen LogP contribution in [0.1, 0.15) is 12.8 Å². The van der Waals surface area contributed by atoms with E-state index >= 15 is 0 Å². The Kier molecular flexibility index (Phi) is 3.92. The highest BCUT2D eigenvalue weighted by Gasteiger charge is 2.40. The van der Waals surface area contributed by atoms with Crippen LogP contribution in [-0.4, -0.2) is 41.7 Å². The smallest absolute Gasteiger partial charge is 0.329 e. The van der Waals surface area contributed by atoms with Gasteiger partial charge in [-0.3, -0.25) is 0 Å². The van der Waals surface area contributed by atoms with Crippen LogP contribution in [-0.2, 0) is 4.79 Å². The molecular formula is C13H17BrN2O2. The van der Waals surface area contributed by atoms with Crippen LogP contribution in [0.3, 0.4) is 0 Å². The number of nitrogens with zero attached hydrogens (tertiary/aromatic N) is 1. The first kappa shape index (κ1) is 13.4. The Bertz CT molecular complexity index is 442. The largest absolute Gasteiger partial charge is 0.480 e. The molecule has 1 aliphatic rings. The van der Waals surface area contributed by atoms with Gasteiger partial charge in [0.05, 0.1) is 0 Å². The summed E-state index contributed by atoms with van der Waals surface area (Å²) in [6, 6.07) is 7.63. The lowest BCUT2D eigenvalue weighted by Crippen LogP contribution is -2.53. The van der Waals surface area contributed by atoms with Gasteiger partial charge in [0.2, 0.25) is 0 Å². The van der Waals surface area contributed by atoms with Gasteiger partial charge in [0, 0.05) is 23.2 Å². The first-order valence-corrected chi connectivity index (χ1v) is 6.77. The summed E-state index contributed by atoms with van der Waals surface area (Å²) in [5, 5.41) is 12.7. The molecule has 0 saturated carbocycles. The molecule has 0 bridgehead atoms. The predicted octanol–water partition coefficient (Wildman–Crippen LogP) is 2.41. The second-order valence-electron chi connectivity index (χ2n) is 4.83. The predicted molar refractivity (Wildman–Crippen MR) is 74.9 cm³/mol. The van der Waals surface area contributed by atoms with Crippen LogP contribution >= 0.6 is 15.9 Å². The van der Waals surface area contributed by atoms with Gasteiger partial charge in [-0.2, -0.15) is 0 Å². The van der Waals surface area contributed by atoms with E-state index in [2.05, 4.69) is 26.1 Å². The molecule has 1 aromatic rings. The lowest BCUT2D eigenvalue weighted by atomic mass is 9.87. The maximum absolute atomic E-state index is 11.6. The number of hydrogen-bond donors (Lipinski definition) is 2. The van der Waals surface area contributed by atoms with Gasteiger partial charge in [-0.25, -0.2) is 4.79 Å². The standard InChI is InChI=1S/C13H17BrN2O2/c1-16-7-5-13(6-8-16,12(17)18)15-11-4-2-3-10(14)9-11/h2-4,9,15H,5-8H2,1H3,(H,17,18). The molecule has 1 aliphatic heterocycles. The van der Waals surface area contributed by atoms with E-state index in [-0.39, 0.29) is 0 Å². The summed E-state index contributed by atoms with van der Waals surface area (Å²) < 4.78 is 0.945. The highest BCUT2D eigenvalue weighted by molar-refractivity contribution is 9.10. The van der Waals surface area contributed by atoms with Crippen molar-refractivity contribution in [3.63, 3.8) is 0 Å². The number of aliphatic carboxylic acids is 1. The van der Waals surface area contributed by atoms with Crippen molar-refractivity contribution >= 4 is 27.6 Å². The van der Waals surface area contributed by atoms with Gasteiger partial charge < -0.3 is 15.3 Å². The summed E-state index contributed by atoms with van der Waals surface area (Å²) >= 11 is 3.40. The highest BCUT2D eigenvalue weighted by Crippen LogP contribution is 2.28.